The molecule has 1 atom stereocenters. The van der Waals surface area contributed by atoms with Gasteiger partial charge in [-0.15, -0.1) is 0 Å². The minimum atomic E-state index is -0.453. The number of anilines is 1. The number of carbonyl (C=O) groups excluding carboxylic acids is 1. The number of fused-ring (bicyclic) bond motifs is 1. The normalized spacial score (nSPS) is 12.1. The van der Waals surface area contributed by atoms with Gasteiger partial charge in [0.2, 0.25) is 12.5 Å². The van der Waals surface area contributed by atoms with Crippen molar-refractivity contribution in [2.24, 2.45) is 5.92 Å². The molecule has 2 aromatic rings. The Kier molecular flexibility index (Phi) is 5.91. The molecule has 26 heavy (non-hydrogen) atoms. The Bertz CT molecular complexity index is 960. The zero-order valence-electron chi connectivity index (χ0n) is 15.0. The van der Waals surface area contributed by atoms with Crippen molar-refractivity contribution in [3.8, 4) is 0 Å². The summed E-state index contributed by atoms with van der Waals surface area (Å²) in [6.45, 7) is 5.55. The average molecular weight is 362 g/mol. The van der Waals surface area contributed by atoms with E-state index in [0.29, 0.717) is 23.1 Å². The molecule has 2 rings (SSSR count). The molecule has 0 fully saturated rings. The topological polar surface area (TPSA) is 116 Å². The zero-order valence-corrected chi connectivity index (χ0v) is 15.0. The summed E-state index contributed by atoms with van der Waals surface area (Å²) in [6.07, 6.45) is 0.00661. The van der Waals surface area contributed by atoms with E-state index >= 15 is 0 Å². The minimum Gasteiger partial charge on any atom is -0.326 e. The van der Waals surface area contributed by atoms with E-state index in [1.54, 1.807) is 26.0 Å². The lowest BCUT2D eigenvalue weighted by molar-refractivity contribution is -0.487. The van der Waals surface area contributed by atoms with Crippen molar-refractivity contribution >= 4 is 22.5 Å². The molecule has 0 aliphatic carbocycles. The molecule has 0 saturated carbocycles. The summed E-state index contributed by atoms with van der Waals surface area (Å²) in [5.41, 5.74) is 0.150. The first-order valence-corrected chi connectivity index (χ1v) is 8.47. The molecule has 0 saturated heterocycles. The van der Waals surface area contributed by atoms with Crippen LogP contribution in [-0.2, 0) is 17.9 Å². The van der Waals surface area contributed by atoms with Crippen molar-refractivity contribution in [1.82, 2.24) is 9.13 Å². The number of carbonyl (C=O) groups is 1. The number of aromatic nitrogens is 2. The monoisotopic (exact) mass is 362 g/mol. The number of hydrogen-bond donors (Lipinski definition) is 1. The van der Waals surface area contributed by atoms with Gasteiger partial charge >= 0.3 is 5.69 Å². The number of hydrogen-bond acceptors (Lipinski definition) is 5. The van der Waals surface area contributed by atoms with Crippen LogP contribution in [0.15, 0.2) is 27.8 Å². The second-order valence-corrected chi connectivity index (χ2v) is 6.18. The highest BCUT2D eigenvalue weighted by Crippen LogP contribution is 2.16. The van der Waals surface area contributed by atoms with Gasteiger partial charge in [0.05, 0.1) is 10.9 Å². The lowest BCUT2D eigenvalue weighted by Gasteiger charge is -2.13. The summed E-state index contributed by atoms with van der Waals surface area (Å²) in [7, 11) is 0. The summed E-state index contributed by atoms with van der Waals surface area (Å²) in [4.78, 5) is 47.0. The molecular formula is C17H22N4O5. The maximum absolute atomic E-state index is 12.5. The quantitative estimate of drug-likeness (QED) is 0.591. The third kappa shape index (κ3) is 3.98. The molecule has 0 bridgehead atoms. The maximum Gasteiger partial charge on any atom is 0.331 e. The van der Waals surface area contributed by atoms with Crippen LogP contribution in [0.2, 0.25) is 0 Å². The van der Waals surface area contributed by atoms with Gasteiger partial charge in [-0.3, -0.25) is 28.8 Å². The third-order valence-corrected chi connectivity index (χ3v) is 4.14. The van der Waals surface area contributed by atoms with Crippen LogP contribution < -0.4 is 16.6 Å². The van der Waals surface area contributed by atoms with E-state index in [2.05, 4.69) is 5.32 Å². The van der Waals surface area contributed by atoms with E-state index in [9.17, 15) is 24.5 Å². The first-order valence-electron chi connectivity index (χ1n) is 8.47. The molecule has 0 spiro atoms. The van der Waals surface area contributed by atoms with Crippen molar-refractivity contribution in [3.05, 3.63) is 49.2 Å². The Balaban J connectivity index is 2.37. The minimum absolute atomic E-state index is 0.00661. The Labute approximate surface area is 149 Å². The molecule has 0 aliphatic heterocycles. The number of benzene rings is 1. The van der Waals surface area contributed by atoms with E-state index in [1.807, 2.05) is 6.92 Å². The zero-order chi connectivity index (χ0) is 19.4. The van der Waals surface area contributed by atoms with Crippen LogP contribution in [0.5, 0.6) is 0 Å². The fraction of sp³-hybridized carbons (Fsp3) is 0.471. The Morgan fingerprint density at radius 3 is 2.46 bits per heavy atom. The highest BCUT2D eigenvalue weighted by Gasteiger charge is 2.16. The standard InChI is InChI=1S/C17H22N4O5/c1-4-19-14-7-6-12(18-15(22)8-11(3)10-21(25)26)9-13(14)16(23)20(5-2)17(19)24/h6-7,9,11H,4-5,8,10H2,1-3H3,(H,18,22). The van der Waals surface area contributed by atoms with E-state index in [0.717, 1.165) is 4.57 Å². The Hall–Kier alpha value is -2.97. The van der Waals surface area contributed by atoms with Crippen LogP contribution in [0.25, 0.3) is 10.9 Å². The molecule has 140 valence electrons. The number of amides is 1. The third-order valence-electron chi connectivity index (χ3n) is 4.14. The van der Waals surface area contributed by atoms with Crippen LogP contribution in [0, 0.1) is 16.0 Å². The summed E-state index contributed by atoms with van der Waals surface area (Å²) in [5, 5.41) is 13.5. The number of rotatable bonds is 7. The first kappa shape index (κ1) is 19.4. The average Bonchev–Trinajstić information content (AvgIpc) is 2.55. The van der Waals surface area contributed by atoms with Crippen LogP contribution in [0.4, 0.5) is 5.69 Å². The molecule has 1 aromatic heterocycles. The van der Waals surface area contributed by atoms with E-state index in [-0.39, 0.29) is 31.1 Å². The van der Waals surface area contributed by atoms with Gasteiger partial charge in [0, 0.05) is 36.0 Å². The van der Waals surface area contributed by atoms with Gasteiger partial charge in [-0.1, -0.05) is 6.92 Å². The molecule has 0 radical (unpaired) electrons. The van der Waals surface area contributed by atoms with Gasteiger partial charge in [-0.2, -0.15) is 0 Å². The number of nitrogens with zero attached hydrogens (tertiary/aromatic N) is 3. The molecule has 9 nitrogen and oxygen atoms in total. The Morgan fingerprint density at radius 1 is 1.23 bits per heavy atom. The molecule has 1 heterocycles. The van der Waals surface area contributed by atoms with Crippen LogP contribution in [0.1, 0.15) is 27.2 Å². The fourth-order valence-electron chi connectivity index (χ4n) is 2.93. The van der Waals surface area contributed by atoms with Crippen LogP contribution in [-0.4, -0.2) is 26.5 Å². The van der Waals surface area contributed by atoms with Crippen molar-refractivity contribution in [2.45, 2.75) is 40.3 Å². The van der Waals surface area contributed by atoms with Crippen molar-refractivity contribution in [3.63, 3.8) is 0 Å². The number of nitro groups is 1. The van der Waals surface area contributed by atoms with Gasteiger partial charge in [-0.05, 0) is 32.0 Å². The van der Waals surface area contributed by atoms with Crippen molar-refractivity contribution in [1.29, 1.82) is 0 Å². The molecule has 1 unspecified atom stereocenters. The number of nitrogens with one attached hydrogen (secondary N) is 1. The van der Waals surface area contributed by atoms with E-state index < -0.39 is 16.4 Å². The summed E-state index contributed by atoms with van der Waals surface area (Å²) >= 11 is 0. The van der Waals surface area contributed by atoms with Gasteiger partial charge in [0.1, 0.15) is 0 Å². The van der Waals surface area contributed by atoms with Gasteiger partial charge in [0.25, 0.3) is 5.56 Å². The van der Waals surface area contributed by atoms with Gasteiger partial charge < -0.3 is 5.32 Å². The van der Waals surface area contributed by atoms with Crippen molar-refractivity contribution in [2.75, 3.05) is 11.9 Å². The van der Waals surface area contributed by atoms with Crippen LogP contribution >= 0.6 is 0 Å². The smallest absolute Gasteiger partial charge is 0.326 e. The fourth-order valence-corrected chi connectivity index (χ4v) is 2.93. The number of aryl methyl sites for hydroxylation is 1. The second kappa shape index (κ2) is 7.94. The highest BCUT2D eigenvalue weighted by molar-refractivity contribution is 5.93. The molecule has 1 N–H and O–H groups in total. The Morgan fingerprint density at radius 2 is 1.88 bits per heavy atom. The maximum atomic E-state index is 12.5. The molecule has 1 amide bonds. The second-order valence-electron chi connectivity index (χ2n) is 6.18. The predicted octanol–water partition coefficient (Wildman–Crippen LogP) is 1.44. The summed E-state index contributed by atoms with van der Waals surface area (Å²) in [5.74, 6) is -0.758. The summed E-state index contributed by atoms with van der Waals surface area (Å²) in [6, 6.07) is 4.77. The SMILES string of the molecule is CCn1c(=O)c2cc(NC(=O)CC(C)C[N+](=O)[O-])ccc2n(CC)c1=O. The van der Waals surface area contributed by atoms with Crippen molar-refractivity contribution < 1.29 is 9.72 Å². The van der Waals surface area contributed by atoms with E-state index in [4.69, 9.17) is 0 Å². The summed E-state index contributed by atoms with van der Waals surface area (Å²) < 4.78 is 2.65. The van der Waals surface area contributed by atoms with Gasteiger partial charge in [0.15, 0.2) is 0 Å². The van der Waals surface area contributed by atoms with E-state index in [1.165, 1.54) is 10.6 Å². The predicted molar refractivity (Wildman–Crippen MR) is 98.1 cm³/mol. The van der Waals surface area contributed by atoms with Crippen LogP contribution in [0.3, 0.4) is 0 Å². The largest absolute Gasteiger partial charge is 0.331 e. The first-order chi connectivity index (χ1) is 12.3. The molecule has 1 aromatic carbocycles. The molecule has 9 heteroatoms. The lowest BCUT2D eigenvalue weighted by Crippen LogP contribution is -2.39. The van der Waals surface area contributed by atoms with Gasteiger partial charge in [-0.25, -0.2) is 4.79 Å². The lowest BCUT2D eigenvalue weighted by atomic mass is 10.1. The molecule has 0 aliphatic rings. The highest BCUT2D eigenvalue weighted by atomic mass is 16.6. The molecular weight excluding hydrogens is 340 g/mol.